The van der Waals surface area contributed by atoms with Gasteiger partial charge in [0.05, 0.1) is 17.7 Å². The van der Waals surface area contributed by atoms with Crippen molar-refractivity contribution in [3.63, 3.8) is 0 Å². The zero-order chi connectivity index (χ0) is 18.8. The summed E-state index contributed by atoms with van der Waals surface area (Å²) in [7, 11) is 1.53. The number of nitro groups is 1. The minimum Gasteiger partial charge on any atom is -0.495 e. The van der Waals surface area contributed by atoms with Gasteiger partial charge < -0.3 is 10.1 Å². The molecular weight excluding hydrogens is 320 g/mol. The smallest absolute Gasteiger partial charge is 0.273 e. The molecule has 2 aromatic carbocycles. The first-order valence-corrected chi connectivity index (χ1v) is 7.88. The Balaban J connectivity index is 2.37. The molecule has 2 rings (SSSR count). The molecule has 0 atom stereocenters. The van der Waals surface area contributed by atoms with Gasteiger partial charge in [0, 0.05) is 17.2 Å². The third-order valence-corrected chi connectivity index (χ3v) is 3.98. The highest BCUT2D eigenvalue weighted by Gasteiger charge is 2.19. The van der Waals surface area contributed by atoms with Crippen molar-refractivity contribution in [1.82, 2.24) is 0 Å². The normalized spacial score (nSPS) is 11.1. The average molecular weight is 342 g/mol. The Labute approximate surface area is 147 Å². The summed E-state index contributed by atoms with van der Waals surface area (Å²) in [5, 5.41) is 13.9. The average Bonchev–Trinajstić information content (AvgIpc) is 2.54. The highest BCUT2D eigenvalue weighted by Crippen LogP contribution is 2.32. The molecule has 0 unspecified atom stereocenters. The molecule has 0 fully saturated rings. The number of carbonyl (C=O) groups is 1. The zero-order valence-corrected chi connectivity index (χ0v) is 15.0. The van der Waals surface area contributed by atoms with Crippen molar-refractivity contribution >= 4 is 17.3 Å². The SMILES string of the molecule is COc1ccc(C(C)(C)C)cc1NC(=O)c1ccc(C)c([N+](=O)[O-])c1. The van der Waals surface area contributed by atoms with Crippen molar-refractivity contribution in [2.45, 2.75) is 33.1 Å². The van der Waals surface area contributed by atoms with E-state index in [9.17, 15) is 14.9 Å². The number of hydrogen-bond acceptors (Lipinski definition) is 4. The highest BCUT2D eigenvalue weighted by atomic mass is 16.6. The van der Waals surface area contributed by atoms with Gasteiger partial charge >= 0.3 is 0 Å². The number of nitro benzene ring substituents is 1. The maximum absolute atomic E-state index is 12.5. The standard InChI is InChI=1S/C19H22N2O4/c1-12-6-7-13(10-16(12)21(23)24)18(22)20-15-11-14(19(2,3)4)8-9-17(15)25-5/h6-11H,1-5H3,(H,20,22). The number of nitrogens with one attached hydrogen (secondary N) is 1. The fraction of sp³-hybridized carbons (Fsp3) is 0.316. The Bertz CT molecular complexity index is 823. The number of methoxy groups -OCH3 is 1. The fourth-order valence-electron chi connectivity index (χ4n) is 2.41. The van der Waals surface area contributed by atoms with Crippen LogP contribution in [-0.2, 0) is 5.41 Å². The van der Waals surface area contributed by atoms with Gasteiger partial charge in [-0.3, -0.25) is 14.9 Å². The quantitative estimate of drug-likeness (QED) is 0.657. The molecule has 1 N–H and O–H groups in total. The van der Waals surface area contributed by atoms with Crippen LogP contribution in [0.3, 0.4) is 0 Å². The summed E-state index contributed by atoms with van der Waals surface area (Å²) >= 11 is 0. The Morgan fingerprint density at radius 2 is 1.84 bits per heavy atom. The molecule has 0 saturated heterocycles. The summed E-state index contributed by atoms with van der Waals surface area (Å²) in [6.45, 7) is 7.85. The predicted molar refractivity (Wildman–Crippen MR) is 97.5 cm³/mol. The molecule has 0 heterocycles. The Morgan fingerprint density at radius 3 is 2.40 bits per heavy atom. The van der Waals surface area contributed by atoms with E-state index in [1.54, 1.807) is 25.1 Å². The van der Waals surface area contributed by atoms with Gasteiger partial charge in [-0.1, -0.05) is 32.9 Å². The second-order valence-electron chi connectivity index (χ2n) is 6.88. The number of carbonyl (C=O) groups excluding carboxylic acids is 1. The van der Waals surface area contributed by atoms with Crippen LogP contribution in [0.15, 0.2) is 36.4 Å². The van der Waals surface area contributed by atoms with Crippen LogP contribution in [-0.4, -0.2) is 17.9 Å². The van der Waals surface area contributed by atoms with Crippen molar-refractivity contribution < 1.29 is 14.5 Å². The second-order valence-corrected chi connectivity index (χ2v) is 6.88. The van der Waals surface area contributed by atoms with E-state index in [1.807, 2.05) is 12.1 Å². The van der Waals surface area contributed by atoms with Crippen LogP contribution in [0.2, 0.25) is 0 Å². The lowest BCUT2D eigenvalue weighted by Gasteiger charge is -2.21. The molecule has 0 aliphatic carbocycles. The van der Waals surface area contributed by atoms with Crippen molar-refractivity contribution in [2.75, 3.05) is 12.4 Å². The summed E-state index contributed by atoms with van der Waals surface area (Å²) in [6.07, 6.45) is 0. The molecule has 25 heavy (non-hydrogen) atoms. The van der Waals surface area contributed by atoms with E-state index in [-0.39, 0.29) is 16.7 Å². The summed E-state index contributed by atoms with van der Waals surface area (Å²) < 4.78 is 5.31. The molecule has 2 aromatic rings. The zero-order valence-electron chi connectivity index (χ0n) is 15.0. The minimum absolute atomic E-state index is 0.0805. The minimum atomic E-state index is -0.493. The third-order valence-electron chi connectivity index (χ3n) is 3.98. The van der Waals surface area contributed by atoms with E-state index in [0.29, 0.717) is 17.0 Å². The first kappa shape index (κ1) is 18.4. The summed E-state index contributed by atoms with van der Waals surface area (Å²) in [5.74, 6) is 0.107. The Kier molecular flexibility index (Phi) is 5.11. The number of ether oxygens (including phenoxy) is 1. The second kappa shape index (κ2) is 6.93. The van der Waals surface area contributed by atoms with Crippen LogP contribution >= 0.6 is 0 Å². The lowest BCUT2D eigenvalue weighted by atomic mass is 9.87. The summed E-state index contributed by atoms with van der Waals surface area (Å²) in [5.41, 5.74) is 2.13. The fourth-order valence-corrected chi connectivity index (χ4v) is 2.41. The van der Waals surface area contributed by atoms with Crippen LogP contribution in [0.5, 0.6) is 5.75 Å². The molecule has 6 nitrogen and oxygen atoms in total. The number of rotatable bonds is 4. The molecule has 0 aliphatic heterocycles. The Morgan fingerprint density at radius 1 is 1.16 bits per heavy atom. The maximum atomic E-state index is 12.5. The molecule has 0 saturated carbocycles. The number of nitrogens with zero attached hydrogens (tertiary/aromatic N) is 1. The van der Waals surface area contributed by atoms with E-state index >= 15 is 0 Å². The van der Waals surface area contributed by atoms with E-state index in [0.717, 1.165) is 5.56 Å². The molecule has 132 valence electrons. The number of aryl methyl sites for hydroxylation is 1. The van der Waals surface area contributed by atoms with Gasteiger partial charge in [-0.05, 0) is 36.1 Å². The van der Waals surface area contributed by atoms with Gasteiger partial charge in [-0.2, -0.15) is 0 Å². The molecular formula is C19H22N2O4. The Hall–Kier alpha value is -2.89. The lowest BCUT2D eigenvalue weighted by Crippen LogP contribution is -2.15. The van der Waals surface area contributed by atoms with Crippen molar-refractivity contribution in [3.8, 4) is 5.75 Å². The largest absolute Gasteiger partial charge is 0.495 e. The van der Waals surface area contributed by atoms with Crippen molar-refractivity contribution in [1.29, 1.82) is 0 Å². The highest BCUT2D eigenvalue weighted by molar-refractivity contribution is 6.05. The predicted octanol–water partition coefficient (Wildman–Crippen LogP) is 4.46. The molecule has 0 aromatic heterocycles. The van der Waals surface area contributed by atoms with Crippen LogP contribution < -0.4 is 10.1 Å². The third kappa shape index (κ3) is 4.15. The number of anilines is 1. The molecule has 6 heteroatoms. The van der Waals surface area contributed by atoms with E-state index in [2.05, 4.69) is 26.1 Å². The van der Waals surface area contributed by atoms with Gasteiger partial charge in [0.25, 0.3) is 11.6 Å². The van der Waals surface area contributed by atoms with Crippen LogP contribution in [0.4, 0.5) is 11.4 Å². The molecule has 0 bridgehead atoms. The number of amides is 1. The molecule has 1 amide bonds. The monoisotopic (exact) mass is 342 g/mol. The van der Waals surface area contributed by atoms with Gasteiger partial charge in [0.2, 0.25) is 0 Å². The summed E-state index contributed by atoms with van der Waals surface area (Å²) in [6, 6.07) is 10.0. The van der Waals surface area contributed by atoms with Crippen molar-refractivity contribution in [2.24, 2.45) is 0 Å². The number of hydrogen-bond donors (Lipinski definition) is 1. The van der Waals surface area contributed by atoms with Crippen LogP contribution in [0.25, 0.3) is 0 Å². The van der Waals surface area contributed by atoms with Crippen LogP contribution in [0, 0.1) is 17.0 Å². The van der Waals surface area contributed by atoms with Gasteiger partial charge in [0.15, 0.2) is 0 Å². The first-order chi connectivity index (χ1) is 11.6. The van der Waals surface area contributed by atoms with E-state index in [4.69, 9.17) is 4.74 Å². The van der Waals surface area contributed by atoms with Crippen LogP contribution in [0.1, 0.15) is 42.3 Å². The number of benzene rings is 2. The van der Waals surface area contributed by atoms with E-state index in [1.165, 1.54) is 13.2 Å². The first-order valence-electron chi connectivity index (χ1n) is 7.88. The van der Waals surface area contributed by atoms with Gasteiger partial charge in [-0.15, -0.1) is 0 Å². The lowest BCUT2D eigenvalue weighted by molar-refractivity contribution is -0.385. The molecule has 0 spiro atoms. The van der Waals surface area contributed by atoms with E-state index < -0.39 is 10.8 Å². The molecule has 0 aliphatic rings. The van der Waals surface area contributed by atoms with Crippen molar-refractivity contribution in [3.05, 3.63) is 63.2 Å². The topological polar surface area (TPSA) is 81.5 Å². The summed E-state index contributed by atoms with van der Waals surface area (Å²) in [4.78, 5) is 23.1. The maximum Gasteiger partial charge on any atom is 0.273 e. The van der Waals surface area contributed by atoms with Gasteiger partial charge in [0.1, 0.15) is 5.75 Å². The molecule has 0 radical (unpaired) electrons. The van der Waals surface area contributed by atoms with Gasteiger partial charge in [-0.25, -0.2) is 0 Å².